The molecule has 1 N–H and O–H groups in total. The van der Waals surface area contributed by atoms with E-state index in [-0.39, 0.29) is 23.7 Å². The summed E-state index contributed by atoms with van der Waals surface area (Å²) in [4.78, 5) is 12.2. The van der Waals surface area contributed by atoms with Crippen molar-refractivity contribution in [2.24, 2.45) is 0 Å². The van der Waals surface area contributed by atoms with E-state index < -0.39 is 16.0 Å². The van der Waals surface area contributed by atoms with Crippen molar-refractivity contribution in [2.45, 2.75) is 24.5 Å². The van der Waals surface area contributed by atoms with E-state index in [1.54, 1.807) is 28.8 Å². The van der Waals surface area contributed by atoms with Gasteiger partial charge in [0, 0.05) is 30.5 Å². The number of aromatic carboxylic acids is 1. The number of carbonyl (C=O) groups is 1. The maximum atomic E-state index is 13.9. The molecule has 186 valence electrons. The van der Waals surface area contributed by atoms with Crippen LogP contribution in [0.5, 0.6) is 0 Å². The van der Waals surface area contributed by atoms with Gasteiger partial charge in [-0.25, -0.2) is 13.2 Å². The molecule has 0 spiro atoms. The van der Waals surface area contributed by atoms with Crippen LogP contribution in [-0.2, 0) is 29.7 Å². The zero-order valence-electron chi connectivity index (χ0n) is 20.1. The summed E-state index contributed by atoms with van der Waals surface area (Å²) in [5.74, 6) is -1.06. The van der Waals surface area contributed by atoms with Gasteiger partial charge in [0.25, 0.3) is 0 Å². The topological polar surface area (TPSA) is 79.6 Å². The molecule has 0 aliphatic rings. The minimum atomic E-state index is -3.89. The summed E-state index contributed by atoms with van der Waals surface area (Å²) >= 11 is 0. The molecule has 0 amide bonds. The molecule has 1 aromatic heterocycles. The van der Waals surface area contributed by atoms with Gasteiger partial charge in [-0.1, -0.05) is 91.0 Å². The van der Waals surface area contributed by atoms with Gasteiger partial charge >= 0.3 is 5.97 Å². The summed E-state index contributed by atoms with van der Waals surface area (Å²) in [5, 5.41) is 10.4. The molecule has 5 aromatic rings. The molecule has 0 fully saturated rings. The van der Waals surface area contributed by atoms with Crippen LogP contribution in [-0.4, -0.2) is 28.4 Å². The number of fused-ring (bicyclic) bond motifs is 1. The fourth-order valence-corrected chi connectivity index (χ4v) is 5.92. The number of sulfonamides is 1. The van der Waals surface area contributed by atoms with Gasteiger partial charge in [-0.05, 0) is 41.0 Å². The Kier molecular flexibility index (Phi) is 6.90. The molecule has 6 nitrogen and oxygen atoms in total. The van der Waals surface area contributed by atoms with E-state index in [0.717, 1.165) is 16.7 Å². The van der Waals surface area contributed by atoms with Crippen LogP contribution in [0.4, 0.5) is 0 Å². The number of benzene rings is 4. The lowest BCUT2D eigenvalue weighted by Gasteiger charge is -2.23. The van der Waals surface area contributed by atoms with Crippen molar-refractivity contribution in [1.82, 2.24) is 8.87 Å². The Labute approximate surface area is 216 Å². The summed E-state index contributed by atoms with van der Waals surface area (Å²) in [6.45, 7) is 0.795. The normalized spacial score (nSPS) is 11.7. The zero-order chi connectivity index (χ0) is 25.8. The van der Waals surface area contributed by atoms with E-state index >= 15 is 0 Å². The first kappa shape index (κ1) is 24.5. The minimum absolute atomic E-state index is 0.110. The van der Waals surface area contributed by atoms with Gasteiger partial charge in [-0.15, -0.1) is 0 Å². The van der Waals surface area contributed by atoms with Gasteiger partial charge in [-0.2, -0.15) is 4.31 Å². The number of carboxylic acid groups (broad SMARTS) is 1. The number of hydrogen-bond donors (Lipinski definition) is 1. The van der Waals surface area contributed by atoms with E-state index in [9.17, 15) is 18.3 Å². The second-order valence-electron chi connectivity index (χ2n) is 8.87. The fourth-order valence-electron chi connectivity index (χ4n) is 4.47. The van der Waals surface area contributed by atoms with Crippen molar-refractivity contribution in [1.29, 1.82) is 0 Å². The van der Waals surface area contributed by atoms with Crippen molar-refractivity contribution < 1.29 is 18.3 Å². The van der Waals surface area contributed by atoms with Gasteiger partial charge in [0.2, 0.25) is 10.0 Å². The summed E-state index contributed by atoms with van der Waals surface area (Å²) in [6.07, 6.45) is 0. The quantitative estimate of drug-likeness (QED) is 0.273. The van der Waals surface area contributed by atoms with E-state index in [1.165, 1.54) is 4.31 Å². The molecule has 0 atom stereocenters. The molecular weight excluding hydrogens is 484 g/mol. The van der Waals surface area contributed by atoms with E-state index in [1.807, 2.05) is 91.0 Å². The number of carboxylic acids is 1. The van der Waals surface area contributed by atoms with Crippen molar-refractivity contribution >= 4 is 26.9 Å². The summed E-state index contributed by atoms with van der Waals surface area (Å²) in [5.41, 5.74) is 3.49. The highest BCUT2D eigenvalue weighted by Gasteiger charge is 2.26. The van der Waals surface area contributed by atoms with Gasteiger partial charge in [0.05, 0.1) is 4.90 Å². The predicted octanol–water partition coefficient (Wildman–Crippen LogP) is 5.78. The highest BCUT2D eigenvalue weighted by atomic mass is 32.2. The summed E-state index contributed by atoms with van der Waals surface area (Å²) in [7, 11) is -3.89. The Bertz CT molecular complexity index is 1590. The van der Waals surface area contributed by atoms with Crippen LogP contribution < -0.4 is 0 Å². The molecule has 4 aromatic carbocycles. The second kappa shape index (κ2) is 10.4. The Morgan fingerprint density at radius 3 is 1.73 bits per heavy atom. The number of rotatable bonds is 9. The summed E-state index contributed by atoms with van der Waals surface area (Å²) in [6, 6.07) is 34.9. The first-order chi connectivity index (χ1) is 17.9. The van der Waals surface area contributed by atoms with Crippen LogP contribution in [0.15, 0.2) is 120 Å². The van der Waals surface area contributed by atoms with Gasteiger partial charge in [0.1, 0.15) is 5.69 Å². The molecule has 5 rings (SSSR count). The van der Waals surface area contributed by atoms with Crippen molar-refractivity contribution in [3.8, 4) is 0 Å². The lowest BCUT2D eigenvalue weighted by Crippen LogP contribution is -2.30. The molecule has 0 bridgehead atoms. The standard InChI is InChI=1S/C30H26N2O4S/c33-30(34)29-19-26-18-27(16-17-28(26)32(29)22-25-14-8-3-9-15-25)37(35,36)31(20-23-10-4-1-5-11-23)21-24-12-6-2-7-13-24/h1-19H,20-22H2,(H,33,34). The molecule has 0 aliphatic carbocycles. The monoisotopic (exact) mass is 510 g/mol. The highest BCUT2D eigenvalue weighted by molar-refractivity contribution is 7.89. The third kappa shape index (κ3) is 5.33. The molecule has 0 radical (unpaired) electrons. The Hall–Kier alpha value is -4.20. The zero-order valence-corrected chi connectivity index (χ0v) is 20.9. The molecular formula is C30H26N2O4S. The predicted molar refractivity (Wildman–Crippen MR) is 144 cm³/mol. The molecule has 0 saturated carbocycles. The lowest BCUT2D eigenvalue weighted by molar-refractivity contribution is 0.0686. The third-order valence-corrected chi connectivity index (χ3v) is 8.10. The van der Waals surface area contributed by atoms with Crippen LogP contribution in [0.2, 0.25) is 0 Å². The van der Waals surface area contributed by atoms with E-state index in [2.05, 4.69) is 0 Å². The minimum Gasteiger partial charge on any atom is -0.477 e. The van der Waals surface area contributed by atoms with Crippen LogP contribution in [0, 0.1) is 0 Å². The molecule has 0 unspecified atom stereocenters. The molecule has 37 heavy (non-hydrogen) atoms. The molecule has 0 aliphatic heterocycles. The van der Waals surface area contributed by atoms with Crippen LogP contribution >= 0.6 is 0 Å². The van der Waals surface area contributed by atoms with Crippen LogP contribution in [0.1, 0.15) is 27.2 Å². The summed E-state index contributed by atoms with van der Waals surface area (Å²) < 4.78 is 31.0. The van der Waals surface area contributed by atoms with Gasteiger partial charge < -0.3 is 9.67 Å². The molecule has 1 heterocycles. The number of nitrogens with zero attached hydrogens (tertiary/aromatic N) is 2. The maximum absolute atomic E-state index is 13.9. The number of aromatic nitrogens is 1. The van der Waals surface area contributed by atoms with Crippen molar-refractivity contribution in [2.75, 3.05) is 0 Å². The van der Waals surface area contributed by atoms with E-state index in [4.69, 9.17) is 0 Å². The lowest BCUT2D eigenvalue weighted by atomic mass is 10.2. The number of hydrogen-bond acceptors (Lipinski definition) is 3. The van der Waals surface area contributed by atoms with Crippen molar-refractivity contribution in [3.63, 3.8) is 0 Å². The average molecular weight is 511 g/mol. The first-order valence-corrected chi connectivity index (χ1v) is 13.3. The van der Waals surface area contributed by atoms with Crippen LogP contribution in [0.3, 0.4) is 0 Å². The van der Waals surface area contributed by atoms with E-state index in [0.29, 0.717) is 17.4 Å². The Morgan fingerprint density at radius 2 is 1.22 bits per heavy atom. The Balaban J connectivity index is 1.55. The maximum Gasteiger partial charge on any atom is 0.352 e. The van der Waals surface area contributed by atoms with Crippen LogP contribution in [0.25, 0.3) is 10.9 Å². The highest BCUT2D eigenvalue weighted by Crippen LogP contribution is 2.28. The smallest absolute Gasteiger partial charge is 0.352 e. The Morgan fingerprint density at radius 1 is 0.703 bits per heavy atom. The van der Waals surface area contributed by atoms with Crippen molar-refractivity contribution in [3.05, 3.63) is 138 Å². The largest absolute Gasteiger partial charge is 0.477 e. The third-order valence-electron chi connectivity index (χ3n) is 6.32. The second-order valence-corrected chi connectivity index (χ2v) is 10.8. The van der Waals surface area contributed by atoms with Gasteiger partial charge in [0.15, 0.2) is 0 Å². The molecule has 0 saturated heterocycles. The van der Waals surface area contributed by atoms with Gasteiger partial charge in [-0.3, -0.25) is 0 Å². The first-order valence-electron chi connectivity index (χ1n) is 11.9. The average Bonchev–Trinajstić information content (AvgIpc) is 3.28. The fraction of sp³-hybridized carbons (Fsp3) is 0.100. The SMILES string of the molecule is O=C(O)c1cc2cc(S(=O)(=O)N(Cc3ccccc3)Cc3ccccc3)ccc2n1Cc1ccccc1. The molecule has 7 heteroatoms.